The topological polar surface area (TPSA) is 121 Å². The Morgan fingerprint density at radius 3 is 2.42 bits per heavy atom. The maximum absolute atomic E-state index is 13.2. The van der Waals surface area contributed by atoms with Crippen LogP contribution >= 0.6 is 12.2 Å². The lowest BCUT2D eigenvalue weighted by atomic mass is 9.79. The van der Waals surface area contributed by atoms with Crippen LogP contribution < -0.4 is 16.4 Å². The summed E-state index contributed by atoms with van der Waals surface area (Å²) < 4.78 is 5.40. The summed E-state index contributed by atoms with van der Waals surface area (Å²) in [5, 5.41) is 13.9. The number of carbonyl (C=O) groups is 2. The van der Waals surface area contributed by atoms with Crippen LogP contribution in [-0.4, -0.2) is 59.5 Å². The van der Waals surface area contributed by atoms with Crippen LogP contribution in [0.2, 0.25) is 0 Å². The molecule has 2 rings (SSSR count). The van der Waals surface area contributed by atoms with Crippen LogP contribution in [-0.2, 0) is 9.53 Å². The van der Waals surface area contributed by atoms with Crippen molar-refractivity contribution >= 4 is 35.0 Å². The zero-order chi connectivity index (χ0) is 26.7. The fourth-order valence-electron chi connectivity index (χ4n) is 5.35. The number of nitrogens with zero attached hydrogens (tertiary/aromatic N) is 1. The Hall–Kier alpha value is -1.90. The van der Waals surface area contributed by atoms with E-state index < -0.39 is 6.09 Å². The van der Waals surface area contributed by atoms with Crippen LogP contribution in [0.3, 0.4) is 0 Å². The van der Waals surface area contributed by atoms with Gasteiger partial charge in [-0.1, -0.05) is 59.2 Å². The number of likely N-dealkylation sites (tertiary alicyclic amines) is 1. The first-order valence-electron chi connectivity index (χ1n) is 14.0. The van der Waals surface area contributed by atoms with Gasteiger partial charge in [0.15, 0.2) is 0 Å². The predicted octanol–water partition coefficient (Wildman–Crippen LogP) is 4.75. The molecule has 1 heterocycles. The first kappa shape index (κ1) is 30.3. The molecule has 0 aromatic heterocycles. The minimum Gasteiger partial charge on any atom is -0.450 e. The van der Waals surface area contributed by atoms with E-state index in [0.717, 1.165) is 70.6 Å². The summed E-state index contributed by atoms with van der Waals surface area (Å²) in [5.74, 6) is 0.909. The number of amidine groups is 1. The molecule has 1 aliphatic heterocycles. The van der Waals surface area contributed by atoms with E-state index in [4.69, 9.17) is 28.1 Å². The summed E-state index contributed by atoms with van der Waals surface area (Å²) in [5.41, 5.74) is 5.40. The van der Waals surface area contributed by atoms with Gasteiger partial charge in [-0.15, -0.1) is 0 Å². The Balaban J connectivity index is 2.02. The van der Waals surface area contributed by atoms with Gasteiger partial charge in [-0.05, 0) is 62.7 Å². The first-order valence-corrected chi connectivity index (χ1v) is 14.4. The number of thiocarbonyl (C=S) groups is 1. The van der Waals surface area contributed by atoms with E-state index in [1.54, 1.807) is 0 Å². The van der Waals surface area contributed by atoms with E-state index >= 15 is 0 Å². The molecule has 2 atom stereocenters. The largest absolute Gasteiger partial charge is 0.450 e. The number of ether oxygens (including phenoxy) is 1. The normalized spacial score (nSPS) is 23.1. The van der Waals surface area contributed by atoms with E-state index in [-0.39, 0.29) is 35.2 Å². The second-order valence-electron chi connectivity index (χ2n) is 11.3. The molecular weight excluding hydrogens is 474 g/mol. The lowest BCUT2D eigenvalue weighted by molar-refractivity contribution is -0.124. The average molecular weight is 524 g/mol. The number of amides is 2. The SMILES string of the molecule is CCCCOC(=O)N[C@H](C(=S)N1CCC[C@H]1C(=O)NCC1CCC(C(=N)N)CC1)C(C)(C)CCCC. The molecule has 0 radical (unpaired) electrons. The van der Waals surface area contributed by atoms with Gasteiger partial charge in [0.2, 0.25) is 5.91 Å². The molecule has 9 heteroatoms. The Labute approximate surface area is 223 Å². The van der Waals surface area contributed by atoms with Crippen LogP contribution in [0.4, 0.5) is 4.79 Å². The van der Waals surface area contributed by atoms with E-state index in [9.17, 15) is 9.59 Å². The lowest BCUT2D eigenvalue weighted by Gasteiger charge is -2.39. The van der Waals surface area contributed by atoms with Crippen molar-refractivity contribution in [3.63, 3.8) is 0 Å². The van der Waals surface area contributed by atoms with E-state index in [2.05, 4.69) is 38.3 Å². The maximum Gasteiger partial charge on any atom is 0.407 e. The highest BCUT2D eigenvalue weighted by atomic mass is 32.1. The highest BCUT2D eigenvalue weighted by Gasteiger charge is 2.41. The molecule has 1 aliphatic carbocycles. The Kier molecular flexibility index (Phi) is 12.4. The smallest absolute Gasteiger partial charge is 0.407 e. The number of nitrogens with two attached hydrogens (primary N) is 1. The summed E-state index contributed by atoms with van der Waals surface area (Å²) in [6, 6.07) is -0.697. The van der Waals surface area contributed by atoms with Gasteiger partial charge < -0.3 is 26.0 Å². The molecule has 0 unspecified atom stereocenters. The molecule has 2 fully saturated rings. The van der Waals surface area contributed by atoms with E-state index in [1.165, 1.54) is 0 Å². The van der Waals surface area contributed by atoms with Crippen molar-refractivity contribution in [2.45, 2.75) is 110 Å². The van der Waals surface area contributed by atoms with Crippen molar-refractivity contribution in [2.24, 2.45) is 23.0 Å². The van der Waals surface area contributed by atoms with Crippen molar-refractivity contribution in [3.8, 4) is 0 Å². The third kappa shape index (κ3) is 8.89. The molecule has 0 aromatic rings. The molecule has 0 aromatic carbocycles. The van der Waals surface area contributed by atoms with Gasteiger partial charge in [-0.2, -0.15) is 0 Å². The minimum atomic E-state index is -0.443. The van der Waals surface area contributed by atoms with Gasteiger partial charge in [0.1, 0.15) is 11.0 Å². The predicted molar refractivity (Wildman–Crippen MR) is 149 cm³/mol. The van der Waals surface area contributed by atoms with Crippen LogP contribution in [0, 0.1) is 22.7 Å². The summed E-state index contributed by atoms with van der Waals surface area (Å²) in [7, 11) is 0. The maximum atomic E-state index is 13.2. The number of hydrogen-bond acceptors (Lipinski definition) is 5. The molecule has 2 amide bonds. The number of unbranched alkanes of at least 4 members (excludes halogenated alkanes) is 2. The lowest BCUT2D eigenvalue weighted by Crippen LogP contribution is -2.57. The summed E-state index contributed by atoms with van der Waals surface area (Å²) >= 11 is 5.97. The number of hydrogen-bond donors (Lipinski definition) is 4. The van der Waals surface area contributed by atoms with Gasteiger partial charge >= 0.3 is 6.09 Å². The molecule has 2 aliphatic rings. The van der Waals surface area contributed by atoms with Crippen LogP contribution in [0.15, 0.2) is 0 Å². The standard InChI is InChI=1S/C27H49N5O3S/c1-5-7-15-27(3,4)22(31-26(34)35-17-8-6-2)25(36)32-16-9-10-21(32)24(33)30-18-19-11-13-20(14-12-19)23(28)29/h19-22H,5-18H2,1-4H3,(H3,28,29)(H,30,33)(H,31,34)/t19?,20?,21-,22+/m0/s1. The minimum absolute atomic E-state index is 0.0131. The van der Waals surface area contributed by atoms with Crippen LogP contribution in [0.1, 0.15) is 98.3 Å². The van der Waals surface area contributed by atoms with Gasteiger partial charge in [0.25, 0.3) is 0 Å². The Morgan fingerprint density at radius 2 is 1.81 bits per heavy atom. The zero-order valence-corrected chi connectivity index (χ0v) is 23.7. The summed E-state index contributed by atoms with van der Waals surface area (Å²) in [4.78, 5) is 28.5. The van der Waals surface area contributed by atoms with Crippen molar-refractivity contribution in [1.82, 2.24) is 15.5 Å². The van der Waals surface area contributed by atoms with E-state index in [1.807, 2.05) is 4.90 Å². The van der Waals surface area contributed by atoms with Crippen molar-refractivity contribution in [3.05, 3.63) is 0 Å². The monoisotopic (exact) mass is 523 g/mol. The second-order valence-corrected chi connectivity index (χ2v) is 11.7. The highest BCUT2D eigenvalue weighted by Crippen LogP contribution is 2.32. The van der Waals surface area contributed by atoms with Gasteiger partial charge in [-0.25, -0.2) is 4.79 Å². The number of rotatable bonds is 13. The molecule has 206 valence electrons. The van der Waals surface area contributed by atoms with Crippen molar-refractivity contribution < 1.29 is 14.3 Å². The van der Waals surface area contributed by atoms with Crippen molar-refractivity contribution in [2.75, 3.05) is 19.7 Å². The molecule has 0 spiro atoms. The quantitative estimate of drug-likeness (QED) is 0.120. The highest BCUT2D eigenvalue weighted by molar-refractivity contribution is 7.80. The van der Waals surface area contributed by atoms with Gasteiger partial charge in [0, 0.05) is 19.0 Å². The third-order valence-corrected chi connectivity index (χ3v) is 8.36. The number of alkyl carbamates (subject to hydrolysis) is 1. The van der Waals surface area contributed by atoms with Crippen LogP contribution in [0.5, 0.6) is 0 Å². The van der Waals surface area contributed by atoms with Crippen molar-refractivity contribution in [1.29, 1.82) is 5.41 Å². The first-order chi connectivity index (χ1) is 17.1. The fourth-order valence-corrected chi connectivity index (χ4v) is 5.94. The third-order valence-electron chi connectivity index (χ3n) is 7.89. The second kappa shape index (κ2) is 14.7. The van der Waals surface area contributed by atoms with Gasteiger partial charge in [-0.3, -0.25) is 10.2 Å². The fraction of sp³-hybridized carbons (Fsp3) is 0.852. The van der Waals surface area contributed by atoms with E-state index in [0.29, 0.717) is 30.6 Å². The summed E-state index contributed by atoms with van der Waals surface area (Å²) in [6.07, 6.45) is 9.81. The summed E-state index contributed by atoms with van der Waals surface area (Å²) in [6.45, 7) is 10.2. The number of carbonyl (C=O) groups excluding carboxylic acids is 2. The Bertz CT molecular complexity index is 752. The molecule has 1 saturated carbocycles. The molecule has 36 heavy (non-hydrogen) atoms. The molecule has 8 nitrogen and oxygen atoms in total. The molecular formula is C27H49N5O3S. The molecule has 0 bridgehead atoms. The van der Waals surface area contributed by atoms with Gasteiger partial charge in [0.05, 0.1) is 18.5 Å². The average Bonchev–Trinajstić information content (AvgIpc) is 3.35. The zero-order valence-electron chi connectivity index (χ0n) is 22.9. The molecule has 5 N–H and O–H groups in total. The molecule has 1 saturated heterocycles. The Morgan fingerprint density at radius 1 is 1.14 bits per heavy atom. The number of nitrogens with one attached hydrogen (secondary N) is 3. The van der Waals surface area contributed by atoms with Crippen LogP contribution in [0.25, 0.3) is 0 Å².